The van der Waals surface area contributed by atoms with Crippen LogP contribution in [0.1, 0.15) is 16.1 Å². The van der Waals surface area contributed by atoms with Gasteiger partial charge in [0.1, 0.15) is 5.58 Å². The van der Waals surface area contributed by atoms with Crippen LogP contribution in [-0.2, 0) is 10.0 Å². The van der Waals surface area contributed by atoms with Crippen LogP contribution in [0.5, 0.6) is 0 Å². The Labute approximate surface area is 173 Å². The summed E-state index contributed by atoms with van der Waals surface area (Å²) in [6.07, 6.45) is 0. The van der Waals surface area contributed by atoms with E-state index in [0.29, 0.717) is 36.8 Å². The number of hydrogen-bond donors (Lipinski definition) is 1. The molecule has 0 aliphatic carbocycles. The van der Waals surface area contributed by atoms with Gasteiger partial charge in [0.05, 0.1) is 4.90 Å². The van der Waals surface area contributed by atoms with Crippen LogP contribution in [0, 0.1) is 6.92 Å². The van der Waals surface area contributed by atoms with E-state index in [1.54, 1.807) is 24.3 Å². The van der Waals surface area contributed by atoms with E-state index in [4.69, 9.17) is 21.1 Å². The van der Waals surface area contributed by atoms with Crippen molar-refractivity contribution in [1.29, 1.82) is 0 Å². The number of carboxylic acids is 1. The number of nitrogens with zero attached hydrogens (tertiary/aromatic N) is 2. The van der Waals surface area contributed by atoms with Crippen LogP contribution < -0.4 is 4.90 Å². The molecule has 0 radical (unpaired) electrons. The van der Waals surface area contributed by atoms with E-state index in [-0.39, 0.29) is 10.7 Å². The normalized spacial score (nSPS) is 15.7. The molecule has 1 aliphatic heterocycles. The average Bonchev–Trinajstić information content (AvgIpc) is 3.14. The number of aryl methyl sites for hydroxylation is 1. The van der Waals surface area contributed by atoms with Gasteiger partial charge in [0.2, 0.25) is 15.8 Å². The molecule has 0 spiro atoms. The van der Waals surface area contributed by atoms with E-state index < -0.39 is 16.0 Å². The highest BCUT2D eigenvalue weighted by Gasteiger charge is 2.29. The molecule has 7 nitrogen and oxygen atoms in total. The fraction of sp³-hybridized carbons (Fsp3) is 0.250. The molecule has 152 valence electrons. The van der Waals surface area contributed by atoms with Crippen molar-refractivity contribution in [3.05, 3.63) is 58.8 Å². The van der Waals surface area contributed by atoms with E-state index in [0.717, 1.165) is 16.6 Å². The van der Waals surface area contributed by atoms with E-state index >= 15 is 0 Å². The zero-order valence-corrected chi connectivity index (χ0v) is 17.2. The number of anilines is 1. The van der Waals surface area contributed by atoms with Crippen molar-refractivity contribution in [3.63, 3.8) is 0 Å². The van der Waals surface area contributed by atoms with Crippen LogP contribution in [0.2, 0.25) is 5.02 Å². The van der Waals surface area contributed by atoms with Crippen LogP contribution >= 0.6 is 11.6 Å². The quantitative estimate of drug-likeness (QED) is 0.674. The lowest BCUT2D eigenvalue weighted by Gasteiger charge is -2.36. The number of furan rings is 1. The van der Waals surface area contributed by atoms with Crippen LogP contribution in [0.15, 0.2) is 51.8 Å². The molecule has 0 bridgehead atoms. The van der Waals surface area contributed by atoms with Crippen LogP contribution in [0.4, 0.5) is 5.69 Å². The molecule has 3 aromatic rings. The van der Waals surface area contributed by atoms with Crippen molar-refractivity contribution < 1.29 is 22.7 Å². The van der Waals surface area contributed by atoms with Gasteiger partial charge in [-0.2, -0.15) is 4.31 Å². The van der Waals surface area contributed by atoms with Crippen molar-refractivity contribution in [2.75, 3.05) is 31.1 Å². The minimum absolute atomic E-state index is 0.0994. The summed E-state index contributed by atoms with van der Waals surface area (Å²) in [5.41, 5.74) is 2.37. The Kier molecular flexibility index (Phi) is 5.02. The molecular formula is C20H19ClN2O5S. The van der Waals surface area contributed by atoms with Gasteiger partial charge in [-0.15, -0.1) is 0 Å². The summed E-state index contributed by atoms with van der Waals surface area (Å²) in [7, 11) is -3.60. The van der Waals surface area contributed by atoms with Crippen molar-refractivity contribution >= 4 is 44.3 Å². The SMILES string of the molecule is Cc1c(N2CCN(S(=O)(=O)c3cccc(Cl)c3)CC2)ccc2oc(C(=O)O)cc12. The minimum atomic E-state index is -3.60. The maximum atomic E-state index is 12.9. The largest absolute Gasteiger partial charge is 0.475 e. The average molecular weight is 435 g/mol. The Morgan fingerprint density at radius 3 is 2.48 bits per heavy atom. The number of benzene rings is 2. The summed E-state index contributed by atoms with van der Waals surface area (Å²) in [6, 6.07) is 11.4. The molecule has 0 amide bonds. The first-order valence-corrected chi connectivity index (χ1v) is 10.9. The molecule has 9 heteroatoms. The van der Waals surface area contributed by atoms with Gasteiger partial charge in [-0.05, 0) is 48.9 Å². The Morgan fingerprint density at radius 2 is 1.83 bits per heavy atom. The number of fused-ring (bicyclic) bond motifs is 1. The topological polar surface area (TPSA) is 91.1 Å². The monoisotopic (exact) mass is 434 g/mol. The summed E-state index contributed by atoms with van der Waals surface area (Å²) < 4.78 is 32.6. The number of carboxylic acid groups (broad SMARTS) is 1. The minimum Gasteiger partial charge on any atom is -0.475 e. The van der Waals surface area contributed by atoms with Gasteiger partial charge in [0.15, 0.2) is 0 Å². The summed E-state index contributed by atoms with van der Waals surface area (Å²) in [5.74, 6) is -1.21. The predicted octanol–water partition coefficient (Wildman–Crippen LogP) is 3.60. The van der Waals surface area contributed by atoms with Gasteiger partial charge in [-0.25, -0.2) is 13.2 Å². The Morgan fingerprint density at radius 1 is 1.10 bits per heavy atom. The molecule has 29 heavy (non-hydrogen) atoms. The van der Waals surface area contributed by atoms with E-state index in [1.807, 2.05) is 13.0 Å². The number of rotatable bonds is 4. The molecule has 2 aromatic carbocycles. The molecule has 0 unspecified atom stereocenters. The van der Waals surface area contributed by atoms with Crippen LogP contribution in [0.25, 0.3) is 11.0 Å². The predicted molar refractivity (Wildman–Crippen MR) is 110 cm³/mol. The number of halogens is 1. The van der Waals surface area contributed by atoms with Crippen LogP contribution in [-0.4, -0.2) is 50.0 Å². The molecule has 1 N–H and O–H groups in total. The third-order valence-electron chi connectivity index (χ3n) is 5.17. The highest BCUT2D eigenvalue weighted by molar-refractivity contribution is 7.89. The van der Waals surface area contributed by atoms with Crippen molar-refractivity contribution in [2.24, 2.45) is 0 Å². The highest BCUT2D eigenvalue weighted by Crippen LogP contribution is 2.32. The summed E-state index contributed by atoms with van der Waals surface area (Å²) >= 11 is 5.94. The Bertz CT molecular complexity index is 1200. The lowest BCUT2D eigenvalue weighted by molar-refractivity contribution is 0.0665. The lowest BCUT2D eigenvalue weighted by atomic mass is 10.1. The molecule has 1 aliphatic rings. The maximum absolute atomic E-state index is 12.9. The van der Waals surface area contributed by atoms with Crippen molar-refractivity contribution in [1.82, 2.24) is 4.31 Å². The second kappa shape index (κ2) is 7.37. The van der Waals surface area contributed by atoms with Crippen molar-refractivity contribution in [2.45, 2.75) is 11.8 Å². The summed E-state index contributed by atoms with van der Waals surface area (Å²) in [4.78, 5) is 13.5. The third-order valence-corrected chi connectivity index (χ3v) is 7.30. The van der Waals surface area contributed by atoms with Gasteiger partial charge in [-0.1, -0.05) is 17.7 Å². The zero-order valence-electron chi connectivity index (χ0n) is 15.6. The molecule has 0 atom stereocenters. The van der Waals surface area contributed by atoms with Crippen LogP contribution in [0.3, 0.4) is 0 Å². The number of aromatic carboxylic acids is 1. The summed E-state index contributed by atoms with van der Waals surface area (Å²) in [6.45, 7) is 3.65. The molecule has 2 heterocycles. The van der Waals surface area contributed by atoms with Gasteiger partial charge >= 0.3 is 5.97 Å². The second-order valence-electron chi connectivity index (χ2n) is 6.89. The first-order valence-electron chi connectivity index (χ1n) is 9.04. The van der Waals surface area contributed by atoms with E-state index in [9.17, 15) is 13.2 Å². The molecule has 4 rings (SSSR count). The lowest BCUT2D eigenvalue weighted by Crippen LogP contribution is -2.48. The number of hydrogen-bond acceptors (Lipinski definition) is 5. The standard InChI is InChI=1S/C20H19ClN2O5S/c1-13-16-12-19(20(24)25)28-18(16)6-5-17(13)22-7-9-23(10-8-22)29(26,27)15-4-2-3-14(21)11-15/h2-6,11-12H,7-10H2,1H3,(H,24,25). The van der Waals surface area contributed by atoms with Gasteiger partial charge in [-0.3, -0.25) is 0 Å². The first kappa shape index (κ1) is 19.8. The maximum Gasteiger partial charge on any atom is 0.371 e. The molecule has 0 saturated carbocycles. The summed E-state index contributed by atoms with van der Waals surface area (Å²) in [5, 5.41) is 10.3. The van der Waals surface area contributed by atoms with Gasteiger partial charge < -0.3 is 14.4 Å². The number of piperazine rings is 1. The van der Waals surface area contributed by atoms with Crippen molar-refractivity contribution in [3.8, 4) is 0 Å². The third kappa shape index (κ3) is 3.59. The molecule has 1 aromatic heterocycles. The fourth-order valence-corrected chi connectivity index (χ4v) is 5.36. The van der Waals surface area contributed by atoms with E-state index in [1.165, 1.54) is 16.4 Å². The van der Waals surface area contributed by atoms with Gasteiger partial charge in [0.25, 0.3) is 0 Å². The second-order valence-corrected chi connectivity index (χ2v) is 9.26. The Balaban J connectivity index is 1.55. The smallest absolute Gasteiger partial charge is 0.371 e. The molecule has 1 saturated heterocycles. The fourth-order valence-electron chi connectivity index (χ4n) is 3.63. The molecule has 1 fully saturated rings. The highest BCUT2D eigenvalue weighted by atomic mass is 35.5. The first-order chi connectivity index (χ1) is 13.8. The number of sulfonamides is 1. The molecular weight excluding hydrogens is 416 g/mol. The Hall–Kier alpha value is -2.55. The van der Waals surface area contributed by atoms with E-state index in [2.05, 4.69) is 4.90 Å². The number of carbonyl (C=O) groups is 1. The van der Waals surface area contributed by atoms with Gasteiger partial charge in [0, 0.05) is 42.3 Å². The zero-order chi connectivity index (χ0) is 20.8.